The summed E-state index contributed by atoms with van der Waals surface area (Å²) in [6.45, 7) is 6.41. The van der Waals surface area contributed by atoms with Gasteiger partial charge in [-0.3, -0.25) is 4.90 Å². The summed E-state index contributed by atoms with van der Waals surface area (Å²) in [5.41, 5.74) is 2.69. The molecule has 0 radical (unpaired) electrons. The average Bonchev–Trinajstić information content (AvgIpc) is 2.41. The number of aryl methyl sites for hydroxylation is 1. The van der Waals surface area contributed by atoms with Gasteiger partial charge < -0.3 is 9.64 Å². The average molecular weight is 248 g/mol. The number of hydrogen-bond donors (Lipinski definition) is 0. The highest BCUT2D eigenvalue weighted by Crippen LogP contribution is 2.12. The first-order valence-electron chi connectivity index (χ1n) is 6.30. The van der Waals surface area contributed by atoms with Crippen LogP contribution in [0.15, 0.2) is 24.3 Å². The Hall–Kier alpha value is -1.55. The minimum Gasteiger partial charge on any atom is -0.453 e. The second kappa shape index (κ2) is 5.87. The molecule has 4 heteroatoms. The number of benzene rings is 1. The summed E-state index contributed by atoms with van der Waals surface area (Å²) in [5, 5.41) is 0. The van der Waals surface area contributed by atoms with E-state index in [9.17, 15) is 4.79 Å². The predicted octanol–water partition coefficient (Wildman–Crippen LogP) is 1.88. The van der Waals surface area contributed by atoms with Crippen molar-refractivity contribution in [1.29, 1.82) is 0 Å². The van der Waals surface area contributed by atoms with Crippen LogP contribution in [-0.4, -0.2) is 49.2 Å². The second-order valence-corrected chi connectivity index (χ2v) is 4.66. The van der Waals surface area contributed by atoms with E-state index in [2.05, 4.69) is 36.1 Å². The topological polar surface area (TPSA) is 32.8 Å². The van der Waals surface area contributed by atoms with Crippen molar-refractivity contribution < 1.29 is 9.53 Å². The van der Waals surface area contributed by atoms with Gasteiger partial charge in [-0.25, -0.2) is 4.79 Å². The molecule has 1 heterocycles. The van der Waals surface area contributed by atoms with Gasteiger partial charge in [0.05, 0.1) is 7.11 Å². The molecule has 98 valence electrons. The molecule has 18 heavy (non-hydrogen) atoms. The molecule has 0 atom stereocenters. The smallest absolute Gasteiger partial charge is 0.409 e. The van der Waals surface area contributed by atoms with Gasteiger partial charge in [-0.1, -0.05) is 24.3 Å². The van der Waals surface area contributed by atoms with Gasteiger partial charge in [0.15, 0.2) is 0 Å². The van der Waals surface area contributed by atoms with Gasteiger partial charge in [0.25, 0.3) is 0 Å². The molecule has 2 rings (SSSR count). The van der Waals surface area contributed by atoms with E-state index < -0.39 is 0 Å². The first-order chi connectivity index (χ1) is 8.70. The predicted molar refractivity (Wildman–Crippen MR) is 70.4 cm³/mol. The van der Waals surface area contributed by atoms with Crippen molar-refractivity contribution in [3.63, 3.8) is 0 Å². The largest absolute Gasteiger partial charge is 0.453 e. The number of amides is 1. The molecular formula is C14H20N2O2. The number of hydrogen-bond acceptors (Lipinski definition) is 3. The number of nitrogens with zero attached hydrogens (tertiary/aromatic N) is 2. The normalized spacial score (nSPS) is 16.7. The molecule has 1 aliphatic heterocycles. The number of piperazine rings is 1. The summed E-state index contributed by atoms with van der Waals surface area (Å²) in [7, 11) is 1.43. The van der Waals surface area contributed by atoms with Crippen molar-refractivity contribution in [2.75, 3.05) is 33.3 Å². The van der Waals surface area contributed by atoms with E-state index in [0.29, 0.717) is 0 Å². The molecule has 0 spiro atoms. The summed E-state index contributed by atoms with van der Waals surface area (Å²) in [6, 6.07) is 8.45. The van der Waals surface area contributed by atoms with Crippen molar-refractivity contribution >= 4 is 6.09 Å². The van der Waals surface area contributed by atoms with E-state index in [1.807, 2.05) is 0 Å². The van der Waals surface area contributed by atoms with Gasteiger partial charge >= 0.3 is 6.09 Å². The Morgan fingerprint density at radius 1 is 1.22 bits per heavy atom. The highest BCUT2D eigenvalue weighted by atomic mass is 16.5. The van der Waals surface area contributed by atoms with E-state index >= 15 is 0 Å². The van der Waals surface area contributed by atoms with E-state index in [4.69, 9.17) is 4.74 Å². The molecule has 0 bridgehead atoms. The lowest BCUT2D eigenvalue weighted by atomic mass is 10.1. The molecule has 1 amide bonds. The molecule has 1 aliphatic rings. The molecule has 4 nitrogen and oxygen atoms in total. The Bertz CT molecular complexity index is 412. The quantitative estimate of drug-likeness (QED) is 0.801. The Morgan fingerprint density at radius 3 is 2.50 bits per heavy atom. The first kappa shape index (κ1) is 12.9. The molecule has 1 fully saturated rings. The maximum Gasteiger partial charge on any atom is 0.409 e. The zero-order chi connectivity index (χ0) is 13.0. The maximum absolute atomic E-state index is 11.4. The third kappa shape index (κ3) is 3.01. The summed E-state index contributed by atoms with van der Waals surface area (Å²) >= 11 is 0. The standard InChI is InChI=1S/C14H20N2O2/c1-12-5-3-4-6-13(12)11-15-7-9-16(10-8-15)14(17)18-2/h3-6H,7-11H2,1-2H3. The molecule has 0 saturated carbocycles. The van der Waals surface area contributed by atoms with Crippen molar-refractivity contribution in [3.8, 4) is 0 Å². The van der Waals surface area contributed by atoms with E-state index in [-0.39, 0.29) is 6.09 Å². The van der Waals surface area contributed by atoms with Crippen molar-refractivity contribution in [2.45, 2.75) is 13.5 Å². The van der Waals surface area contributed by atoms with Crippen LogP contribution in [0.25, 0.3) is 0 Å². The van der Waals surface area contributed by atoms with Crippen molar-refractivity contribution in [1.82, 2.24) is 9.80 Å². The summed E-state index contributed by atoms with van der Waals surface area (Å²) in [4.78, 5) is 15.5. The van der Waals surface area contributed by atoms with Crippen LogP contribution in [0.2, 0.25) is 0 Å². The van der Waals surface area contributed by atoms with Gasteiger partial charge in [0.1, 0.15) is 0 Å². The van der Waals surface area contributed by atoms with Crippen LogP contribution in [0.1, 0.15) is 11.1 Å². The lowest BCUT2D eigenvalue weighted by Gasteiger charge is -2.34. The lowest BCUT2D eigenvalue weighted by Crippen LogP contribution is -2.48. The number of carbonyl (C=O) groups excluding carboxylic acids is 1. The summed E-state index contributed by atoms with van der Waals surface area (Å²) in [6.07, 6.45) is -0.217. The molecule has 0 unspecified atom stereocenters. The zero-order valence-corrected chi connectivity index (χ0v) is 11.1. The Balaban J connectivity index is 1.87. The first-order valence-corrected chi connectivity index (χ1v) is 6.30. The lowest BCUT2D eigenvalue weighted by molar-refractivity contribution is 0.0888. The van der Waals surface area contributed by atoms with Crippen molar-refractivity contribution in [2.24, 2.45) is 0 Å². The number of rotatable bonds is 2. The van der Waals surface area contributed by atoms with Gasteiger partial charge in [-0.05, 0) is 18.1 Å². The molecule has 0 aliphatic carbocycles. The fourth-order valence-corrected chi connectivity index (χ4v) is 2.25. The van der Waals surface area contributed by atoms with Gasteiger partial charge in [-0.2, -0.15) is 0 Å². The molecule has 0 N–H and O–H groups in total. The zero-order valence-electron chi connectivity index (χ0n) is 11.1. The minimum absolute atomic E-state index is 0.217. The minimum atomic E-state index is -0.217. The summed E-state index contributed by atoms with van der Waals surface area (Å²) < 4.78 is 4.73. The molecule has 1 aromatic carbocycles. The third-order valence-corrected chi connectivity index (χ3v) is 3.46. The van der Waals surface area contributed by atoms with Crippen LogP contribution in [0.3, 0.4) is 0 Å². The summed E-state index contributed by atoms with van der Waals surface area (Å²) in [5.74, 6) is 0. The maximum atomic E-state index is 11.4. The van der Waals surface area contributed by atoms with Crippen LogP contribution in [0.4, 0.5) is 4.79 Å². The fraction of sp³-hybridized carbons (Fsp3) is 0.500. The Kier molecular flexibility index (Phi) is 4.20. The van der Waals surface area contributed by atoms with Gasteiger partial charge in [-0.15, -0.1) is 0 Å². The number of carbonyl (C=O) groups is 1. The SMILES string of the molecule is COC(=O)N1CCN(Cc2ccccc2C)CC1. The molecular weight excluding hydrogens is 228 g/mol. The van der Waals surface area contributed by atoms with Crippen LogP contribution in [0, 0.1) is 6.92 Å². The molecule has 1 aromatic rings. The monoisotopic (exact) mass is 248 g/mol. The van der Waals surface area contributed by atoms with Gasteiger partial charge in [0, 0.05) is 32.7 Å². The van der Waals surface area contributed by atoms with Crippen LogP contribution in [0.5, 0.6) is 0 Å². The van der Waals surface area contributed by atoms with Gasteiger partial charge in [0.2, 0.25) is 0 Å². The highest BCUT2D eigenvalue weighted by molar-refractivity contribution is 5.67. The van der Waals surface area contributed by atoms with E-state index in [1.165, 1.54) is 18.2 Å². The number of methoxy groups -OCH3 is 1. The van der Waals surface area contributed by atoms with E-state index in [1.54, 1.807) is 4.90 Å². The molecule has 0 aromatic heterocycles. The highest BCUT2D eigenvalue weighted by Gasteiger charge is 2.21. The number of ether oxygens (including phenoxy) is 1. The van der Waals surface area contributed by atoms with E-state index in [0.717, 1.165) is 32.7 Å². The Labute approximate surface area is 108 Å². The Morgan fingerprint density at radius 2 is 1.89 bits per heavy atom. The second-order valence-electron chi connectivity index (χ2n) is 4.66. The third-order valence-electron chi connectivity index (χ3n) is 3.46. The fourth-order valence-electron chi connectivity index (χ4n) is 2.25. The van der Waals surface area contributed by atoms with Crippen LogP contribution < -0.4 is 0 Å². The van der Waals surface area contributed by atoms with Crippen LogP contribution in [-0.2, 0) is 11.3 Å². The molecule has 1 saturated heterocycles. The van der Waals surface area contributed by atoms with Crippen LogP contribution >= 0.6 is 0 Å². The van der Waals surface area contributed by atoms with Crippen molar-refractivity contribution in [3.05, 3.63) is 35.4 Å².